The molecule has 0 atom stereocenters. The van der Waals surface area contributed by atoms with Crippen molar-refractivity contribution in [2.24, 2.45) is 4.99 Å². The van der Waals surface area contributed by atoms with Crippen LogP contribution in [-0.2, 0) is 13.1 Å². The van der Waals surface area contributed by atoms with Crippen LogP contribution < -0.4 is 10.6 Å². The third-order valence-electron chi connectivity index (χ3n) is 3.95. The molecule has 0 aliphatic carbocycles. The Hall–Kier alpha value is -1.94. The Morgan fingerprint density at radius 2 is 1.96 bits per heavy atom. The normalized spacial score (nSPS) is 11.1. The van der Waals surface area contributed by atoms with Crippen LogP contribution >= 0.6 is 35.3 Å². The largest absolute Gasteiger partial charge is 0.352 e. The van der Waals surface area contributed by atoms with Crippen LogP contribution in [0, 0.1) is 13.8 Å². The Kier molecular flexibility index (Phi) is 7.58. The Labute approximate surface area is 174 Å². The van der Waals surface area contributed by atoms with Crippen molar-refractivity contribution in [3.05, 3.63) is 64.0 Å². The van der Waals surface area contributed by atoms with Crippen LogP contribution in [0.2, 0.25) is 0 Å². The third-order valence-corrected chi connectivity index (χ3v) is 4.97. The lowest BCUT2D eigenvalue weighted by molar-refractivity contribution is 0.809. The van der Waals surface area contributed by atoms with E-state index in [0.29, 0.717) is 6.54 Å². The SMILES string of the molecule is CN=C(NCc1ccc(-n2ccnc2C)nc1)NCc1sccc1C.I. The van der Waals surface area contributed by atoms with Gasteiger partial charge in [-0.15, -0.1) is 35.3 Å². The number of rotatable bonds is 5. The molecule has 0 aliphatic heterocycles. The molecule has 3 rings (SSSR count). The lowest BCUT2D eigenvalue weighted by Crippen LogP contribution is -2.36. The predicted octanol–water partition coefficient (Wildman–Crippen LogP) is 3.43. The topological polar surface area (TPSA) is 67.1 Å². The highest BCUT2D eigenvalue weighted by molar-refractivity contribution is 14.0. The van der Waals surface area contributed by atoms with Crippen molar-refractivity contribution in [3.8, 4) is 5.82 Å². The van der Waals surface area contributed by atoms with E-state index < -0.39 is 0 Å². The number of aromatic nitrogens is 3. The molecule has 0 radical (unpaired) electrons. The minimum atomic E-state index is 0. The fourth-order valence-electron chi connectivity index (χ4n) is 2.44. The highest BCUT2D eigenvalue weighted by atomic mass is 127. The van der Waals surface area contributed by atoms with E-state index in [4.69, 9.17) is 0 Å². The standard InChI is InChI=1S/C18H22N6S.HI/c1-13-6-9-25-16(13)12-23-18(19-3)22-11-15-4-5-17(21-10-15)24-8-7-20-14(24)2;/h4-10H,11-12H2,1-3H3,(H2,19,22,23);1H. The number of pyridine rings is 1. The maximum atomic E-state index is 4.51. The number of aryl methyl sites for hydroxylation is 2. The van der Waals surface area contributed by atoms with Crippen molar-refractivity contribution in [2.75, 3.05) is 7.05 Å². The molecule has 0 saturated carbocycles. The first-order valence-corrected chi connectivity index (χ1v) is 8.98. The van der Waals surface area contributed by atoms with E-state index in [1.54, 1.807) is 24.6 Å². The van der Waals surface area contributed by atoms with Gasteiger partial charge in [0.2, 0.25) is 0 Å². The van der Waals surface area contributed by atoms with E-state index >= 15 is 0 Å². The van der Waals surface area contributed by atoms with Gasteiger partial charge >= 0.3 is 0 Å². The van der Waals surface area contributed by atoms with Crippen molar-refractivity contribution in [3.63, 3.8) is 0 Å². The van der Waals surface area contributed by atoms with Gasteiger partial charge < -0.3 is 10.6 Å². The fourth-order valence-corrected chi connectivity index (χ4v) is 3.29. The van der Waals surface area contributed by atoms with Gasteiger partial charge in [-0.2, -0.15) is 0 Å². The molecule has 6 nitrogen and oxygen atoms in total. The molecule has 0 saturated heterocycles. The van der Waals surface area contributed by atoms with Crippen molar-refractivity contribution in [2.45, 2.75) is 26.9 Å². The zero-order valence-corrected chi connectivity index (χ0v) is 18.2. The summed E-state index contributed by atoms with van der Waals surface area (Å²) >= 11 is 1.76. The zero-order chi connectivity index (χ0) is 17.6. The Morgan fingerprint density at radius 3 is 2.54 bits per heavy atom. The number of thiophene rings is 1. The summed E-state index contributed by atoms with van der Waals surface area (Å²) in [5.41, 5.74) is 2.40. The molecule has 0 bridgehead atoms. The van der Waals surface area contributed by atoms with Gasteiger partial charge in [-0.25, -0.2) is 9.97 Å². The summed E-state index contributed by atoms with van der Waals surface area (Å²) < 4.78 is 1.96. The highest BCUT2D eigenvalue weighted by Gasteiger charge is 2.04. The van der Waals surface area contributed by atoms with E-state index in [9.17, 15) is 0 Å². The number of hydrogen-bond donors (Lipinski definition) is 2. The van der Waals surface area contributed by atoms with Crippen molar-refractivity contribution >= 4 is 41.3 Å². The lowest BCUT2D eigenvalue weighted by atomic mass is 10.3. The van der Waals surface area contributed by atoms with Crippen LogP contribution in [0.25, 0.3) is 5.82 Å². The summed E-state index contributed by atoms with van der Waals surface area (Å²) in [5, 5.41) is 8.77. The number of imidazole rings is 1. The van der Waals surface area contributed by atoms with Crippen molar-refractivity contribution in [1.29, 1.82) is 0 Å². The second kappa shape index (κ2) is 9.67. The zero-order valence-electron chi connectivity index (χ0n) is 15.1. The van der Waals surface area contributed by atoms with Crippen LogP contribution in [-0.4, -0.2) is 27.5 Å². The maximum absolute atomic E-state index is 4.51. The van der Waals surface area contributed by atoms with E-state index in [2.05, 4.69) is 50.0 Å². The molecule has 0 spiro atoms. The lowest BCUT2D eigenvalue weighted by Gasteiger charge is -2.12. The first-order valence-electron chi connectivity index (χ1n) is 8.10. The fraction of sp³-hybridized carbons (Fsp3) is 0.278. The summed E-state index contributed by atoms with van der Waals surface area (Å²) in [6.45, 7) is 5.53. The number of nitrogens with zero attached hydrogens (tertiary/aromatic N) is 4. The first-order chi connectivity index (χ1) is 12.2. The summed E-state index contributed by atoms with van der Waals surface area (Å²) in [5.74, 6) is 2.57. The van der Waals surface area contributed by atoms with Crippen LogP contribution in [0.15, 0.2) is 47.2 Å². The van der Waals surface area contributed by atoms with Gasteiger partial charge in [0.15, 0.2) is 5.96 Å². The number of aliphatic imine (C=N–C) groups is 1. The molecule has 2 N–H and O–H groups in total. The van der Waals surface area contributed by atoms with E-state index in [1.807, 2.05) is 30.0 Å². The summed E-state index contributed by atoms with van der Waals surface area (Å²) in [4.78, 5) is 14.3. The summed E-state index contributed by atoms with van der Waals surface area (Å²) in [7, 11) is 1.78. The Bertz CT molecular complexity index is 853. The molecule has 26 heavy (non-hydrogen) atoms. The molecule has 0 amide bonds. The molecule has 138 valence electrons. The monoisotopic (exact) mass is 482 g/mol. The molecule has 0 aromatic carbocycles. The molecular formula is C18H23IN6S. The highest BCUT2D eigenvalue weighted by Crippen LogP contribution is 2.14. The van der Waals surface area contributed by atoms with Gasteiger partial charge in [0.1, 0.15) is 11.6 Å². The average molecular weight is 482 g/mol. The molecular weight excluding hydrogens is 459 g/mol. The van der Waals surface area contributed by atoms with Crippen molar-refractivity contribution < 1.29 is 0 Å². The molecule has 8 heteroatoms. The van der Waals surface area contributed by atoms with Gasteiger partial charge in [0.25, 0.3) is 0 Å². The van der Waals surface area contributed by atoms with E-state index in [1.165, 1.54) is 10.4 Å². The van der Waals surface area contributed by atoms with Crippen LogP contribution in [0.5, 0.6) is 0 Å². The molecule has 3 heterocycles. The second-order valence-electron chi connectivity index (χ2n) is 5.68. The molecule has 0 unspecified atom stereocenters. The number of hydrogen-bond acceptors (Lipinski definition) is 4. The Balaban J connectivity index is 0.00000243. The van der Waals surface area contributed by atoms with Crippen LogP contribution in [0.1, 0.15) is 21.8 Å². The van der Waals surface area contributed by atoms with Gasteiger partial charge in [0, 0.05) is 37.1 Å². The molecule has 0 aliphatic rings. The van der Waals surface area contributed by atoms with Crippen molar-refractivity contribution in [1.82, 2.24) is 25.2 Å². The number of halogens is 1. The van der Waals surface area contributed by atoms with Crippen LogP contribution in [0.3, 0.4) is 0 Å². The Morgan fingerprint density at radius 1 is 1.15 bits per heavy atom. The minimum absolute atomic E-state index is 0. The number of guanidine groups is 1. The minimum Gasteiger partial charge on any atom is -0.352 e. The van der Waals surface area contributed by atoms with Gasteiger partial charge in [-0.3, -0.25) is 9.56 Å². The average Bonchev–Trinajstić information content (AvgIpc) is 3.24. The van der Waals surface area contributed by atoms with Crippen LogP contribution in [0.4, 0.5) is 0 Å². The molecule has 3 aromatic rings. The smallest absolute Gasteiger partial charge is 0.191 e. The third kappa shape index (κ3) is 5.04. The van der Waals surface area contributed by atoms with Gasteiger partial charge in [-0.05, 0) is 42.5 Å². The van der Waals surface area contributed by atoms with Gasteiger partial charge in [0.05, 0.1) is 6.54 Å². The molecule has 0 fully saturated rings. The second-order valence-corrected chi connectivity index (χ2v) is 6.68. The quantitative estimate of drug-likeness (QED) is 0.332. The number of nitrogens with one attached hydrogen (secondary N) is 2. The van der Waals surface area contributed by atoms with E-state index in [-0.39, 0.29) is 24.0 Å². The maximum Gasteiger partial charge on any atom is 0.191 e. The first kappa shape index (κ1) is 20.4. The molecule has 3 aromatic heterocycles. The summed E-state index contributed by atoms with van der Waals surface area (Å²) in [6.07, 6.45) is 5.56. The predicted molar refractivity (Wildman–Crippen MR) is 118 cm³/mol. The van der Waals surface area contributed by atoms with E-state index in [0.717, 1.165) is 29.7 Å². The van der Waals surface area contributed by atoms with Gasteiger partial charge in [-0.1, -0.05) is 6.07 Å². The summed E-state index contributed by atoms with van der Waals surface area (Å²) in [6, 6.07) is 6.19.